The molecule has 1 atom stereocenters. The molecule has 1 aromatic rings. The van der Waals surface area contributed by atoms with Crippen molar-refractivity contribution in [3.05, 3.63) is 23.2 Å². The molecule has 1 fully saturated rings. The average molecular weight is 312 g/mol. The van der Waals surface area contributed by atoms with Crippen molar-refractivity contribution in [2.75, 3.05) is 23.8 Å². The second kappa shape index (κ2) is 7.40. The first-order valence-corrected chi connectivity index (χ1v) is 7.20. The lowest BCUT2D eigenvalue weighted by molar-refractivity contribution is -0.124. The zero-order chi connectivity index (χ0) is 15.2. The van der Waals surface area contributed by atoms with Crippen molar-refractivity contribution in [3.8, 4) is 0 Å². The Hall–Kier alpha value is -1.63. The SMILES string of the molecule is NCCC(=O)Nc1cc(Cl)ccc1NC(=O)C1CCCO1. The van der Waals surface area contributed by atoms with Gasteiger partial charge in [-0.05, 0) is 31.0 Å². The summed E-state index contributed by atoms with van der Waals surface area (Å²) in [5.74, 6) is -0.448. The topological polar surface area (TPSA) is 93.5 Å². The number of halogens is 1. The molecule has 0 bridgehead atoms. The summed E-state index contributed by atoms with van der Waals surface area (Å²) in [6, 6.07) is 4.87. The van der Waals surface area contributed by atoms with Crippen molar-refractivity contribution in [1.82, 2.24) is 0 Å². The van der Waals surface area contributed by atoms with Crippen molar-refractivity contribution < 1.29 is 14.3 Å². The number of hydrogen-bond donors (Lipinski definition) is 3. The van der Waals surface area contributed by atoms with Gasteiger partial charge in [0.15, 0.2) is 0 Å². The van der Waals surface area contributed by atoms with Gasteiger partial charge in [-0.1, -0.05) is 11.6 Å². The molecular formula is C14H18ClN3O3. The van der Waals surface area contributed by atoms with Crippen molar-refractivity contribution in [2.45, 2.75) is 25.4 Å². The number of carbonyl (C=O) groups excluding carboxylic acids is 2. The summed E-state index contributed by atoms with van der Waals surface area (Å²) in [6.07, 6.45) is 1.34. The first kappa shape index (κ1) is 15.8. The normalized spacial score (nSPS) is 17.5. The minimum absolute atomic E-state index is 0.200. The molecule has 114 valence electrons. The second-order valence-electron chi connectivity index (χ2n) is 4.77. The lowest BCUT2D eigenvalue weighted by Crippen LogP contribution is -2.27. The van der Waals surface area contributed by atoms with Crippen LogP contribution < -0.4 is 16.4 Å². The molecule has 1 aliphatic rings. The summed E-state index contributed by atoms with van der Waals surface area (Å²) < 4.78 is 5.33. The maximum atomic E-state index is 12.1. The van der Waals surface area contributed by atoms with Gasteiger partial charge in [-0.3, -0.25) is 9.59 Å². The minimum Gasteiger partial charge on any atom is -0.368 e. The molecule has 0 aliphatic carbocycles. The fraction of sp³-hybridized carbons (Fsp3) is 0.429. The standard InChI is InChI=1S/C14H18ClN3O3/c15-9-3-4-10(11(8-9)17-13(19)5-6-16)18-14(20)12-2-1-7-21-12/h3-4,8,12H,1-2,5-7,16H2,(H,17,19)(H,18,20). The van der Waals surface area contributed by atoms with E-state index in [1.165, 1.54) is 0 Å². The molecule has 1 aromatic carbocycles. The van der Waals surface area contributed by atoms with Crippen LogP contribution in [0.3, 0.4) is 0 Å². The molecule has 6 nitrogen and oxygen atoms in total. The van der Waals surface area contributed by atoms with Crippen LogP contribution in [0.25, 0.3) is 0 Å². The van der Waals surface area contributed by atoms with Gasteiger partial charge in [-0.15, -0.1) is 0 Å². The first-order valence-electron chi connectivity index (χ1n) is 6.82. The minimum atomic E-state index is -0.437. The van der Waals surface area contributed by atoms with Gasteiger partial charge in [0.2, 0.25) is 5.91 Å². The van der Waals surface area contributed by atoms with E-state index in [0.717, 1.165) is 6.42 Å². The lowest BCUT2D eigenvalue weighted by Gasteiger charge is -2.15. The number of nitrogens with two attached hydrogens (primary N) is 1. The van der Waals surface area contributed by atoms with Crippen LogP contribution in [0.2, 0.25) is 5.02 Å². The van der Waals surface area contributed by atoms with Crippen LogP contribution in [-0.4, -0.2) is 31.1 Å². The molecule has 4 N–H and O–H groups in total. The van der Waals surface area contributed by atoms with Crippen molar-refractivity contribution in [1.29, 1.82) is 0 Å². The molecule has 0 radical (unpaired) electrons. The molecule has 0 saturated carbocycles. The second-order valence-corrected chi connectivity index (χ2v) is 5.20. The number of benzene rings is 1. The molecule has 1 saturated heterocycles. The highest BCUT2D eigenvalue weighted by atomic mass is 35.5. The Labute approximate surface area is 128 Å². The van der Waals surface area contributed by atoms with Crippen LogP contribution in [0, 0.1) is 0 Å². The quantitative estimate of drug-likeness (QED) is 0.772. The Morgan fingerprint density at radius 2 is 2.14 bits per heavy atom. The molecule has 21 heavy (non-hydrogen) atoms. The summed E-state index contributed by atoms with van der Waals surface area (Å²) in [5.41, 5.74) is 6.28. The smallest absolute Gasteiger partial charge is 0.253 e. The highest BCUT2D eigenvalue weighted by Crippen LogP contribution is 2.27. The summed E-state index contributed by atoms with van der Waals surface area (Å²) in [7, 11) is 0. The van der Waals surface area contributed by atoms with Crippen LogP contribution in [0.5, 0.6) is 0 Å². The van der Waals surface area contributed by atoms with Gasteiger partial charge in [0, 0.05) is 24.6 Å². The van der Waals surface area contributed by atoms with Crippen LogP contribution in [0.15, 0.2) is 18.2 Å². The summed E-state index contributed by atoms with van der Waals surface area (Å²) >= 11 is 5.93. The van der Waals surface area contributed by atoms with Gasteiger partial charge in [0.05, 0.1) is 11.4 Å². The Balaban J connectivity index is 2.10. The van der Waals surface area contributed by atoms with E-state index >= 15 is 0 Å². The number of nitrogens with one attached hydrogen (secondary N) is 2. The first-order chi connectivity index (χ1) is 10.1. The monoisotopic (exact) mass is 311 g/mol. The molecule has 2 amide bonds. The van der Waals surface area contributed by atoms with Crippen LogP contribution in [0.4, 0.5) is 11.4 Å². The van der Waals surface area contributed by atoms with Gasteiger partial charge in [-0.2, -0.15) is 0 Å². The maximum Gasteiger partial charge on any atom is 0.253 e. The third kappa shape index (κ3) is 4.42. The fourth-order valence-electron chi connectivity index (χ4n) is 2.07. The van der Waals surface area contributed by atoms with Crippen molar-refractivity contribution in [2.24, 2.45) is 5.73 Å². The van der Waals surface area contributed by atoms with Gasteiger partial charge in [-0.25, -0.2) is 0 Å². The highest BCUT2D eigenvalue weighted by molar-refractivity contribution is 6.31. The van der Waals surface area contributed by atoms with Crippen molar-refractivity contribution in [3.63, 3.8) is 0 Å². The zero-order valence-corrected chi connectivity index (χ0v) is 12.3. The highest BCUT2D eigenvalue weighted by Gasteiger charge is 2.24. The predicted octanol–water partition coefficient (Wildman–Crippen LogP) is 1.74. The average Bonchev–Trinajstić information content (AvgIpc) is 2.96. The Bertz CT molecular complexity index is 530. The zero-order valence-electron chi connectivity index (χ0n) is 11.5. The molecule has 1 aliphatic heterocycles. The van der Waals surface area contributed by atoms with E-state index < -0.39 is 6.10 Å². The van der Waals surface area contributed by atoms with E-state index in [1.807, 2.05) is 0 Å². The molecule has 0 spiro atoms. The van der Waals surface area contributed by atoms with Crippen molar-refractivity contribution >= 4 is 34.8 Å². The number of amides is 2. The van der Waals surface area contributed by atoms with E-state index in [9.17, 15) is 9.59 Å². The van der Waals surface area contributed by atoms with Gasteiger partial charge in [0.1, 0.15) is 6.10 Å². The molecule has 1 heterocycles. The number of anilines is 2. The van der Waals surface area contributed by atoms with Gasteiger partial charge >= 0.3 is 0 Å². The van der Waals surface area contributed by atoms with Gasteiger partial charge < -0.3 is 21.1 Å². The Kier molecular flexibility index (Phi) is 5.55. The van der Waals surface area contributed by atoms with E-state index in [-0.39, 0.29) is 24.8 Å². The summed E-state index contributed by atoms with van der Waals surface area (Å²) in [4.78, 5) is 23.7. The van der Waals surface area contributed by atoms with Gasteiger partial charge in [0.25, 0.3) is 5.91 Å². The Morgan fingerprint density at radius 3 is 2.81 bits per heavy atom. The lowest BCUT2D eigenvalue weighted by atomic mass is 10.2. The number of rotatable bonds is 5. The van der Waals surface area contributed by atoms with E-state index in [0.29, 0.717) is 29.4 Å². The third-order valence-corrected chi connectivity index (χ3v) is 3.34. The fourth-order valence-corrected chi connectivity index (χ4v) is 2.24. The molecule has 2 rings (SSSR count). The summed E-state index contributed by atoms with van der Waals surface area (Å²) in [5, 5.41) is 5.91. The van der Waals surface area contributed by atoms with Crippen LogP contribution in [-0.2, 0) is 14.3 Å². The number of ether oxygens (including phenoxy) is 1. The molecule has 7 heteroatoms. The molecule has 0 aromatic heterocycles. The largest absolute Gasteiger partial charge is 0.368 e. The third-order valence-electron chi connectivity index (χ3n) is 3.11. The maximum absolute atomic E-state index is 12.1. The predicted molar refractivity (Wildman–Crippen MR) is 81.4 cm³/mol. The van der Waals surface area contributed by atoms with E-state index in [4.69, 9.17) is 22.1 Å². The van der Waals surface area contributed by atoms with Crippen LogP contribution in [0.1, 0.15) is 19.3 Å². The number of hydrogen-bond acceptors (Lipinski definition) is 4. The molecular weight excluding hydrogens is 294 g/mol. The number of carbonyl (C=O) groups is 2. The molecule has 1 unspecified atom stereocenters. The van der Waals surface area contributed by atoms with E-state index in [1.54, 1.807) is 18.2 Å². The summed E-state index contributed by atoms with van der Waals surface area (Å²) in [6.45, 7) is 0.850. The van der Waals surface area contributed by atoms with Crippen LogP contribution >= 0.6 is 11.6 Å². The van der Waals surface area contributed by atoms with E-state index in [2.05, 4.69) is 10.6 Å². The Morgan fingerprint density at radius 1 is 1.33 bits per heavy atom.